The highest BCUT2D eigenvalue weighted by atomic mass is 35.5. The summed E-state index contributed by atoms with van der Waals surface area (Å²) in [7, 11) is 0. The standard InChI is InChI=1S/C30H24Cl2O2/c31-25-17-9-7-15-22(25)24-19-30(34,21-13-5-2-6-14-21)28(29(33)20-11-3-1-4-12-20)27(24)23-16-8-10-18-26(23)32/h1-18,24,27-28,34H,19H2/t24-,27-,28-,30+/m1/s1. The number of carbonyl (C=O) groups excluding carboxylic acids is 1. The van der Waals surface area contributed by atoms with Gasteiger partial charge in [-0.25, -0.2) is 0 Å². The minimum Gasteiger partial charge on any atom is -0.384 e. The second-order valence-corrected chi connectivity index (χ2v) is 9.69. The van der Waals surface area contributed by atoms with Crippen LogP contribution in [0.25, 0.3) is 0 Å². The quantitative estimate of drug-likeness (QED) is 0.294. The van der Waals surface area contributed by atoms with Gasteiger partial charge in [-0.05, 0) is 41.2 Å². The molecule has 0 bridgehead atoms. The Morgan fingerprint density at radius 2 is 1.21 bits per heavy atom. The zero-order chi connectivity index (χ0) is 23.7. The summed E-state index contributed by atoms with van der Waals surface area (Å²) in [4.78, 5) is 14.2. The van der Waals surface area contributed by atoms with Gasteiger partial charge in [0.2, 0.25) is 0 Å². The third-order valence-electron chi connectivity index (χ3n) is 7.02. The number of hydrogen-bond acceptors (Lipinski definition) is 2. The van der Waals surface area contributed by atoms with Crippen LogP contribution in [0, 0.1) is 5.92 Å². The topological polar surface area (TPSA) is 37.3 Å². The molecule has 4 heteroatoms. The van der Waals surface area contributed by atoms with Crippen LogP contribution in [-0.2, 0) is 5.60 Å². The van der Waals surface area contributed by atoms with Crippen LogP contribution in [0.2, 0.25) is 10.0 Å². The number of ketones is 1. The van der Waals surface area contributed by atoms with E-state index in [0.29, 0.717) is 22.0 Å². The number of Topliss-reactive ketones (excluding diaryl/α,β-unsaturated/α-hetero) is 1. The zero-order valence-corrected chi connectivity index (χ0v) is 20.0. The Morgan fingerprint density at radius 3 is 1.79 bits per heavy atom. The molecule has 34 heavy (non-hydrogen) atoms. The monoisotopic (exact) mass is 486 g/mol. The maximum Gasteiger partial charge on any atom is 0.169 e. The summed E-state index contributed by atoms with van der Waals surface area (Å²) < 4.78 is 0. The molecule has 1 fully saturated rings. The lowest BCUT2D eigenvalue weighted by Gasteiger charge is -2.33. The first-order valence-corrected chi connectivity index (χ1v) is 12.1. The van der Waals surface area contributed by atoms with Crippen molar-refractivity contribution in [2.24, 2.45) is 5.92 Å². The van der Waals surface area contributed by atoms with E-state index in [1.165, 1.54) is 0 Å². The Morgan fingerprint density at radius 1 is 0.706 bits per heavy atom. The summed E-state index contributed by atoms with van der Waals surface area (Å²) in [5.41, 5.74) is 1.64. The summed E-state index contributed by atoms with van der Waals surface area (Å²) >= 11 is 13.4. The van der Waals surface area contributed by atoms with Gasteiger partial charge < -0.3 is 5.11 Å². The fourth-order valence-corrected chi connectivity index (χ4v) is 6.06. The highest BCUT2D eigenvalue weighted by molar-refractivity contribution is 6.32. The van der Waals surface area contributed by atoms with Crippen molar-refractivity contribution in [3.63, 3.8) is 0 Å². The van der Waals surface area contributed by atoms with Crippen LogP contribution in [0.3, 0.4) is 0 Å². The van der Waals surface area contributed by atoms with E-state index >= 15 is 0 Å². The molecule has 4 aromatic carbocycles. The lowest BCUT2D eigenvalue weighted by atomic mass is 9.73. The van der Waals surface area contributed by atoms with Crippen LogP contribution in [0.5, 0.6) is 0 Å². The smallest absolute Gasteiger partial charge is 0.169 e. The van der Waals surface area contributed by atoms with Crippen molar-refractivity contribution < 1.29 is 9.90 Å². The molecule has 0 saturated heterocycles. The van der Waals surface area contributed by atoms with E-state index in [9.17, 15) is 9.90 Å². The van der Waals surface area contributed by atoms with Gasteiger partial charge >= 0.3 is 0 Å². The summed E-state index contributed by atoms with van der Waals surface area (Å²) in [6.45, 7) is 0. The van der Waals surface area contributed by atoms with Crippen LogP contribution < -0.4 is 0 Å². The van der Waals surface area contributed by atoms with Gasteiger partial charge in [0.1, 0.15) is 5.60 Å². The maximum absolute atomic E-state index is 14.2. The first-order chi connectivity index (χ1) is 16.5. The minimum atomic E-state index is -1.40. The third kappa shape index (κ3) is 3.96. The summed E-state index contributed by atoms with van der Waals surface area (Å²) in [6.07, 6.45) is 0.347. The van der Waals surface area contributed by atoms with Gasteiger partial charge in [-0.1, -0.05) is 120 Å². The average Bonchev–Trinajstić information content (AvgIpc) is 3.19. The molecule has 170 valence electrons. The molecule has 0 spiro atoms. The van der Waals surface area contributed by atoms with Gasteiger partial charge in [0.05, 0.1) is 5.92 Å². The Labute approximate surface area is 209 Å². The molecular weight excluding hydrogens is 463 g/mol. The molecule has 1 N–H and O–H groups in total. The van der Waals surface area contributed by atoms with Crippen molar-refractivity contribution in [2.45, 2.75) is 23.9 Å². The number of halogens is 2. The number of aliphatic hydroxyl groups is 1. The molecule has 0 aliphatic heterocycles. The molecule has 4 aromatic rings. The molecule has 0 amide bonds. The first kappa shape index (κ1) is 22.9. The molecule has 4 atom stereocenters. The molecule has 1 aliphatic carbocycles. The molecule has 0 aromatic heterocycles. The first-order valence-electron chi connectivity index (χ1n) is 11.4. The number of hydrogen-bond donors (Lipinski definition) is 1. The molecule has 1 saturated carbocycles. The number of benzene rings is 4. The normalized spacial score (nSPS) is 24.1. The van der Waals surface area contributed by atoms with E-state index in [1.807, 2.05) is 97.1 Å². The summed E-state index contributed by atoms with van der Waals surface area (Å²) in [5.74, 6) is -1.44. The second kappa shape index (κ2) is 9.38. The van der Waals surface area contributed by atoms with Crippen LogP contribution in [0.4, 0.5) is 0 Å². The van der Waals surface area contributed by atoms with Crippen molar-refractivity contribution in [2.75, 3.05) is 0 Å². The van der Waals surface area contributed by atoms with Gasteiger partial charge in [-0.2, -0.15) is 0 Å². The van der Waals surface area contributed by atoms with Crippen LogP contribution in [-0.4, -0.2) is 10.9 Å². The van der Waals surface area contributed by atoms with Crippen LogP contribution >= 0.6 is 23.2 Å². The predicted octanol–water partition coefficient (Wildman–Crippen LogP) is 7.65. The highest BCUT2D eigenvalue weighted by Gasteiger charge is 2.58. The van der Waals surface area contributed by atoms with Crippen molar-refractivity contribution in [3.8, 4) is 0 Å². The van der Waals surface area contributed by atoms with Crippen molar-refractivity contribution in [1.82, 2.24) is 0 Å². The largest absolute Gasteiger partial charge is 0.384 e. The molecular formula is C30H24Cl2O2. The van der Waals surface area contributed by atoms with E-state index in [-0.39, 0.29) is 17.6 Å². The van der Waals surface area contributed by atoms with Crippen molar-refractivity contribution in [3.05, 3.63) is 141 Å². The Bertz CT molecular complexity index is 1310. The average molecular weight is 487 g/mol. The molecule has 0 heterocycles. The fourth-order valence-electron chi connectivity index (χ4n) is 5.53. The Balaban J connectivity index is 1.77. The highest BCUT2D eigenvalue weighted by Crippen LogP contribution is 2.60. The molecule has 2 nitrogen and oxygen atoms in total. The van der Waals surface area contributed by atoms with Gasteiger partial charge in [-0.3, -0.25) is 4.79 Å². The third-order valence-corrected chi connectivity index (χ3v) is 7.71. The molecule has 0 radical (unpaired) electrons. The van der Waals surface area contributed by atoms with Crippen LogP contribution in [0.15, 0.2) is 109 Å². The van der Waals surface area contributed by atoms with Gasteiger partial charge in [0.15, 0.2) is 5.78 Å². The van der Waals surface area contributed by atoms with E-state index in [2.05, 4.69) is 0 Å². The fraction of sp³-hybridized carbons (Fsp3) is 0.167. The second-order valence-electron chi connectivity index (χ2n) is 8.88. The predicted molar refractivity (Wildman–Crippen MR) is 138 cm³/mol. The molecule has 5 rings (SSSR count). The summed E-state index contributed by atoms with van der Waals surface area (Å²) in [6, 6.07) is 33.9. The van der Waals surface area contributed by atoms with E-state index < -0.39 is 11.5 Å². The Hall–Kier alpha value is -2.91. The lowest BCUT2D eigenvalue weighted by Crippen LogP contribution is -2.38. The number of rotatable bonds is 5. The molecule has 1 aliphatic rings. The lowest BCUT2D eigenvalue weighted by molar-refractivity contribution is -0.000246. The van der Waals surface area contributed by atoms with E-state index in [4.69, 9.17) is 23.2 Å². The van der Waals surface area contributed by atoms with Gasteiger partial charge in [-0.15, -0.1) is 0 Å². The number of carbonyl (C=O) groups is 1. The summed E-state index contributed by atoms with van der Waals surface area (Å²) in [5, 5.41) is 13.6. The molecule has 0 unspecified atom stereocenters. The Kier molecular flexibility index (Phi) is 6.31. The van der Waals surface area contributed by atoms with E-state index in [0.717, 1.165) is 16.7 Å². The van der Waals surface area contributed by atoms with E-state index in [1.54, 1.807) is 12.1 Å². The SMILES string of the molecule is O=C(c1ccccc1)[C@H]1[C@H](c2ccccc2Cl)[C@@H](c2ccccc2Cl)C[C@]1(O)c1ccccc1. The van der Waals surface area contributed by atoms with Gasteiger partial charge in [0.25, 0.3) is 0 Å². The zero-order valence-electron chi connectivity index (χ0n) is 18.4. The van der Waals surface area contributed by atoms with Crippen LogP contribution in [0.1, 0.15) is 45.3 Å². The van der Waals surface area contributed by atoms with Gasteiger partial charge in [0, 0.05) is 21.5 Å². The minimum absolute atomic E-state index is 0.105. The van der Waals surface area contributed by atoms with Crippen molar-refractivity contribution in [1.29, 1.82) is 0 Å². The van der Waals surface area contributed by atoms with Crippen molar-refractivity contribution >= 4 is 29.0 Å². The maximum atomic E-state index is 14.2.